The summed E-state index contributed by atoms with van der Waals surface area (Å²) < 4.78 is 0. The molecule has 0 radical (unpaired) electrons. The van der Waals surface area contributed by atoms with Crippen LogP contribution in [0.4, 0.5) is 0 Å². The van der Waals surface area contributed by atoms with Crippen molar-refractivity contribution in [1.82, 2.24) is 5.32 Å². The van der Waals surface area contributed by atoms with Gasteiger partial charge in [-0.2, -0.15) is 0 Å². The lowest BCUT2D eigenvalue weighted by molar-refractivity contribution is -0.116. The summed E-state index contributed by atoms with van der Waals surface area (Å²) in [6, 6.07) is 0. The first kappa shape index (κ1) is 9.95. The van der Waals surface area contributed by atoms with Crippen molar-refractivity contribution in [2.24, 2.45) is 0 Å². The van der Waals surface area contributed by atoms with Crippen LogP contribution in [0.3, 0.4) is 0 Å². The molecule has 62 valence electrons. The van der Waals surface area contributed by atoms with Gasteiger partial charge in [-0.15, -0.1) is 0 Å². The van der Waals surface area contributed by atoms with Gasteiger partial charge in [-0.05, 0) is 20.8 Å². The molecule has 0 rings (SSSR count). The Hall–Kier alpha value is -1.05. The van der Waals surface area contributed by atoms with Gasteiger partial charge in [-0.25, -0.2) is 0 Å². The van der Waals surface area contributed by atoms with Gasteiger partial charge in [-0.1, -0.05) is 17.7 Å². The van der Waals surface area contributed by atoms with Crippen molar-refractivity contribution in [1.29, 1.82) is 0 Å². The fraction of sp³-hybridized carbons (Fsp3) is 0.444. The summed E-state index contributed by atoms with van der Waals surface area (Å²) in [7, 11) is 0. The molecule has 2 nitrogen and oxygen atoms in total. The third kappa shape index (κ3) is 6.84. The van der Waals surface area contributed by atoms with Gasteiger partial charge in [0.05, 0.1) is 0 Å². The van der Waals surface area contributed by atoms with Crippen LogP contribution < -0.4 is 5.32 Å². The van der Waals surface area contributed by atoms with Crippen molar-refractivity contribution in [2.45, 2.75) is 20.8 Å². The molecule has 0 unspecified atom stereocenters. The standard InChI is InChI=1S/C9H15NO/c1-4-5-6-10-9(11)7-8(2)3/h4-5,7H,6H2,1-3H3,(H,10,11)/b5-4+. The van der Waals surface area contributed by atoms with E-state index in [2.05, 4.69) is 5.32 Å². The second-order valence-corrected chi connectivity index (χ2v) is 2.54. The van der Waals surface area contributed by atoms with E-state index in [1.807, 2.05) is 32.9 Å². The Morgan fingerprint density at radius 2 is 2.09 bits per heavy atom. The van der Waals surface area contributed by atoms with Crippen LogP contribution in [0.2, 0.25) is 0 Å². The molecule has 0 bridgehead atoms. The third-order valence-corrected chi connectivity index (χ3v) is 1.05. The topological polar surface area (TPSA) is 29.1 Å². The van der Waals surface area contributed by atoms with E-state index >= 15 is 0 Å². The van der Waals surface area contributed by atoms with E-state index in [4.69, 9.17) is 0 Å². The SMILES string of the molecule is C/C=C/CNC(=O)C=C(C)C. The van der Waals surface area contributed by atoms with Crippen LogP contribution >= 0.6 is 0 Å². The second kappa shape index (κ2) is 5.71. The van der Waals surface area contributed by atoms with E-state index in [1.165, 1.54) is 0 Å². The molecule has 0 spiro atoms. The zero-order valence-corrected chi connectivity index (χ0v) is 7.35. The molecule has 0 fully saturated rings. The highest BCUT2D eigenvalue weighted by Crippen LogP contribution is 1.86. The zero-order valence-electron chi connectivity index (χ0n) is 7.35. The fourth-order valence-electron chi connectivity index (χ4n) is 0.591. The van der Waals surface area contributed by atoms with Crippen molar-refractivity contribution < 1.29 is 4.79 Å². The van der Waals surface area contributed by atoms with E-state index < -0.39 is 0 Å². The minimum Gasteiger partial charge on any atom is -0.349 e. The highest BCUT2D eigenvalue weighted by atomic mass is 16.1. The minimum absolute atomic E-state index is 0.0249. The molecule has 0 aromatic rings. The molecule has 0 saturated heterocycles. The lowest BCUT2D eigenvalue weighted by Gasteiger charge is -1.95. The molecule has 1 N–H and O–H groups in total. The van der Waals surface area contributed by atoms with Gasteiger partial charge in [0.1, 0.15) is 0 Å². The second-order valence-electron chi connectivity index (χ2n) is 2.54. The maximum Gasteiger partial charge on any atom is 0.244 e. The Balaban J connectivity index is 3.62. The Kier molecular flexibility index (Phi) is 5.17. The van der Waals surface area contributed by atoms with E-state index in [0.717, 1.165) is 5.57 Å². The summed E-state index contributed by atoms with van der Waals surface area (Å²) in [6.07, 6.45) is 5.39. The molecule has 0 saturated carbocycles. The number of hydrogen-bond acceptors (Lipinski definition) is 1. The van der Waals surface area contributed by atoms with Crippen molar-refractivity contribution in [2.75, 3.05) is 6.54 Å². The number of rotatable bonds is 3. The van der Waals surface area contributed by atoms with Gasteiger partial charge < -0.3 is 5.32 Å². The average molecular weight is 153 g/mol. The number of carbonyl (C=O) groups is 1. The fourth-order valence-corrected chi connectivity index (χ4v) is 0.591. The quantitative estimate of drug-likeness (QED) is 0.484. The molecule has 0 atom stereocenters. The van der Waals surface area contributed by atoms with Crippen LogP contribution in [-0.4, -0.2) is 12.5 Å². The minimum atomic E-state index is -0.0249. The predicted molar refractivity (Wildman–Crippen MR) is 47.3 cm³/mol. The maximum atomic E-state index is 10.9. The zero-order chi connectivity index (χ0) is 8.69. The highest BCUT2D eigenvalue weighted by molar-refractivity contribution is 5.88. The number of allylic oxidation sites excluding steroid dienone is 2. The first-order chi connectivity index (χ1) is 5.16. The monoisotopic (exact) mass is 153 g/mol. The molecule has 0 aliphatic heterocycles. The summed E-state index contributed by atoms with van der Waals surface area (Å²) in [4.78, 5) is 10.9. The smallest absolute Gasteiger partial charge is 0.244 e. The summed E-state index contributed by atoms with van der Waals surface area (Å²) in [5.41, 5.74) is 1.02. The van der Waals surface area contributed by atoms with Crippen LogP contribution in [-0.2, 0) is 4.79 Å². The van der Waals surface area contributed by atoms with Gasteiger partial charge in [0.25, 0.3) is 0 Å². The summed E-state index contributed by atoms with van der Waals surface area (Å²) in [5, 5.41) is 2.71. The van der Waals surface area contributed by atoms with Crippen molar-refractivity contribution in [3.63, 3.8) is 0 Å². The van der Waals surface area contributed by atoms with Gasteiger partial charge in [0.15, 0.2) is 0 Å². The van der Waals surface area contributed by atoms with Crippen molar-refractivity contribution in [3.8, 4) is 0 Å². The highest BCUT2D eigenvalue weighted by Gasteiger charge is 1.90. The Labute approximate surface area is 68.0 Å². The number of carbonyl (C=O) groups excluding carboxylic acids is 1. The van der Waals surface area contributed by atoms with Crippen molar-refractivity contribution >= 4 is 5.91 Å². The molecule has 0 aliphatic rings. The molecular weight excluding hydrogens is 138 g/mol. The molecule has 1 amide bonds. The predicted octanol–water partition coefficient (Wildman–Crippen LogP) is 1.64. The van der Waals surface area contributed by atoms with Gasteiger partial charge in [0.2, 0.25) is 5.91 Å². The first-order valence-corrected chi connectivity index (χ1v) is 3.70. The van der Waals surface area contributed by atoms with Gasteiger partial charge >= 0.3 is 0 Å². The lowest BCUT2D eigenvalue weighted by atomic mass is 10.3. The molecular formula is C9H15NO. The Morgan fingerprint density at radius 1 is 1.45 bits per heavy atom. The van der Waals surface area contributed by atoms with E-state index in [9.17, 15) is 4.79 Å². The van der Waals surface area contributed by atoms with Crippen LogP contribution in [0.1, 0.15) is 20.8 Å². The lowest BCUT2D eigenvalue weighted by Crippen LogP contribution is -2.20. The van der Waals surface area contributed by atoms with Crippen LogP contribution in [0.5, 0.6) is 0 Å². The van der Waals surface area contributed by atoms with E-state index in [1.54, 1.807) is 6.08 Å². The Morgan fingerprint density at radius 3 is 2.55 bits per heavy atom. The number of amides is 1. The summed E-state index contributed by atoms with van der Waals surface area (Å²) >= 11 is 0. The van der Waals surface area contributed by atoms with Gasteiger partial charge in [-0.3, -0.25) is 4.79 Å². The average Bonchev–Trinajstić information content (AvgIpc) is 1.86. The Bertz CT molecular complexity index is 176. The molecule has 0 heterocycles. The largest absolute Gasteiger partial charge is 0.349 e. The summed E-state index contributed by atoms with van der Waals surface area (Å²) in [6.45, 7) is 6.33. The first-order valence-electron chi connectivity index (χ1n) is 3.70. The number of nitrogens with one attached hydrogen (secondary N) is 1. The van der Waals surface area contributed by atoms with Crippen LogP contribution in [0.25, 0.3) is 0 Å². The number of hydrogen-bond donors (Lipinski definition) is 1. The summed E-state index contributed by atoms with van der Waals surface area (Å²) in [5.74, 6) is -0.0249. The molecule has 0 aromatic carbocycles. The van der Waals surface area contributed by atoms with E-state index in [-0.39, 0.29) is 5.91 Å². The molecule has 2 heteroatoms. The molecule has 0 aromatic heterocycles. The maximum absolute atomic E-state index is 10.9. The van der Waals surface area contributed by atoms with Crippen LogP contribution in [0.15, 0.2) is 23.8 Å². The third-order valence-electron chi connectivity index (χ3n) is 1.05. The van der Waals surface area contributed by atoms with E-state index in [0.29, 0.717) is 6.54 Å². The molecule has 0 aliphatic carbocycles. The molecule has 11 heavy (non-hydrogen) atoms. The van der Waals surface area contributed by atoms with Crippen molar-refractivity contribution in [3.05, 3.63) is 23.8 Å². The normalized spacial score (nSPS) is 9.73. The van der Waals surface area contributed by atoms with Gasteiger partial charge in [0, 0.05) is 12.6 Å². The van der Waals surface area contributed by atoms with Crippen LogP contribution in [0, 0.1) is 0 Å².